The molecule has 0 fully saturated rings. The van der Waals surface area contributed by atoms with Gasteiger partial charge in [-0.25, -0.2) is 9.97 Å². The zero-order valence-corrected chi connectivity index (χ0v) is 15.5. The molecule has 25 heavy (non-hydrogen) atoms. The number of carbonyl (C=O) groups is 1. The number of carbonyl (C=O) groups excluding carboxylic acids is 1. The fourth-order valence-corrected chi connectivity index (χ4v) is 3.75. The van der Waals surface area contributed by atoms with Gasteiger partial charge in [-0.2, -0.15) is 11.3 Å². The van der Waals surface area contributed by atoms with E-state index < -0.39 is 0 Å². The molecule has 0 aliphatic rings. The van der Waals surface area contributed by atoms with E-state index in [-0.39, 0.29) is 12.3 Å². The number of nitrogens with one attached hydrogen (secondary N) is 1. The van der Waals surface area contributed by atoms with Crippen LogP contribution in [-0.4, -0.2) is 22.5 Å². The summed E-state index contributed by atoms with van der Waals surface area (Å²) < 4.78 is 5.61. The second-order valence-electron chi connectivity index (χ2n) is 5.43. The van der Waals surface area contributed by atoms with Crippen molar-refractivity contribution in [3.63, 3.8) is 0 Å². The van der Waals surface area contributed by atoms with Crippen molar-refractivity contribution in [1.29, 1.82) is 0 Å². The molecule has 0 saturated heterocycles. The zero-order valence-electron chi connectivity index (χ0n) is 13.9. The van der Waals surface area contributed by atoms with Gasteiger partial charge in [0, 0.05) is 34.6 Å². The average Bonchev–Trinajstić information content (AvgIpc) is 3.30. The van der Waals surface area contributed by atoms with Gasteiger partial charge in [-0.1, -0.05) is 13.0 Å². The number of hydrogen-bond acceptors (Lipinski definition) is 6. The van der Waals surface area contributed by atoms with E-state index in [0.29, 0.717) is 19.0 Å². The standard InChI is InChI=1S/C18H19N3O2S2/c1-2-7-23-17-13(4-3-6-19-17)10-20-16(22)9-15-12-25-18(21-15)14-5-8-24-11-14/h3-6,8,11-12H,2,7,9-10H2,1H3,(H,20,22). The summed E-state index contributed by atoms with van der Waals surface area (Å²) in [5.41, 5.74) is 2.77. The summed E-state index contributed by atoms with van der Waals surface area (Å²) >= 11 is 3.20. The summed E-state index contributed by atoms with van der Waals surface area (Å²) in [4.78, 5) is 21.0. The van der Waals surface area contributed by atoms with Crippen molar-refractivity contribution in [2.75, 3.05) is 6.61 Å². The maximum atomic E-state index is 12.2. The second-order valence-corrected chi connectivity index (χ2v) is 7.06. The number of aromatic nitrogens is 2. The molecule has 0 atom stereocenters. The first-order chi connectivity index (χ1) is 12.3. The van der Waals surface area contributed by atoms with E-state index in [4.69, 9.17) is 4.74 Å². The topological polar surface area (TPSA) is 64.1 Å². The lowest BCUT2D eigenvalue weighted by molar-refractivity contribution is -0.120. The molecular formula is C18H19N3O2S2. The Morgan fingerprint density at radius 2 is 2.24 bits per heavy atom. The van der Waals surface area contributed by atoms with Crippen LogP contribution in [0.4, 0.5) is 0 Å². The molecule has 0 aliphatic carbocycles. The Balaban J connectivity index is 1.55. The van der Waals surface area contributed by atoms with Crippen LogP contribution in [0.3, 0.4) is 0 Å². The van der Waals surface area contributed by atoms with Crippen LogP contribution in [0.25, 0.3) is 10.6 Å². The van der Waals surface area contributed by atoms with Crippen LogP contribution in [0.5, 0.6) is 5.88 Å². The molecule has 3 aromatic rings. The molecule has 0 radical (unpaired) electrons. The van der Waals surface area contributed by atoms with E-state index in [1.165, 1.54) is 0 Å². The first-order valence-corrected chi connectivity index (χ1v) is 9.89. The first-order valence-electron chi connectivity index (χ1n) is 8.06. The van der Waals surface area contributed by atoms with Gasteiger partial charge < -0.3 is 10.1 Å². The number of hydrogen-bond donors (Lipinski definition) is 1. The molecule has 3 rings (SSSR count). The molecule has 7 heteroatoms. The van der Waals surface area contributed by atoms with Crippen LogP contribution < -0.4 is 10.1 Å². The number of nitrogens with zero attached hydrogens (tertiary/aromatic N) is 2. The highest BCUT2D eigenvalue weighted by molar-refractivity contribution is 7.14. The lowest BCUT2D eigenvalue weighted by Crippen LogP contribution is -2.25. The molecule has 130 valence electrons. The number of rotatable bonds is 8. The van der Waals surface area contributed by atoms with Gasteiger partial charge in [-0.15, -0.1) is 11.3 Å². The molecule has 0 saturated carbocycles. The molecule has 3 heterocycles. The number of thiophene rings is 1. The third-order valence-electron chi connectivity index (χ3n) is 3.43. The lowest BCUT2D eigenvalue weighted by Gasteiger charge is -2.10. The molecule has 5 nitrogen and oxygen atoms in total. The Hall–Kier alpha value is -2.25. The third kappa shape index (κ3) is 4.87. The van der Waals surface area contributed by atoms with Crippen molar-refractivity contribution in [2.45, 2.75) is 26.3 Å². The van der Waals surface area contributed by atoms with Crippen molar-refractivity contribution in [3.05, 3.63) is 51.8 Å². The quantitative estimate of drug-likeness (QED) is 0.650. The third-order valence-corrected chi connectivity index (χ3v) is 5.05. The molecule has 1 N–H and O–H groups in total. The van der Waals surface area contributed by atoms with E-state index in [1.807, 2.05) is 35.9 Å². The van der Waals surface area contributed by atoms with Gasteiger partial charge >= 0.3 is 0 Å². The summed E-state index contributed by atoms with van der Waals surface area (Å²) in [5, 5.41) is 9.88. The fourth-order valence-electron chi connectivity index (χ4n) is 2.22. The Morgan fingerprint density at radius 3 is 3.04 bits per heavy atom. The largest absolute Gasteiger partial charge is 0.477 e. The molecule has 0 aromatic carbocycles. The summed E-state index contributed by atoms with van der Waals surface area (Å²) in [6.07, 6.45) is 2.88. The lowest BCUT2D eigenvalue weighted by atomic mass is 10.2. The van der Waals surface area contributed by atoms with Crippen LogP contribution in [0.2, 0.25) is 0 Å². The van der Waals surface area contributed by atoms with E-state index >= 15 is 0 Å². The molecule has 0 unspecified atom stereocenters. The molecular weight excluding hydrogens is 354 g/mol. The predicted molar refractivity (Wildman–Crippen MR) is 101 cm³/mol. The minimum Gasteiger partial charge on any atom is -0.477 e. The molecule has 0 spiro atoms. The van der Waals surface area contributed by atoms with Crippen molar-refractivity contribution in [1.82, 2.24) is 15.3 Å². The number of thiazole rings is 1. The Labute approximate surface area is 154 Å². The highest BCUT2D eigenvalue weighted by atomic mass is 32.1. The van der Waals surface area contributed by atoms with Gasteiger partial charge in [-0.3, -0.25) is 4.79 Å². The summed E-state index contributed by atoms with van der Waals surface area (Å²) in [7, 11) is 0. The molecule has 0 bridgehead atoms. The number of pyridine rings is 1. The van der Waals surface area contributed by atoms with Crippen molar-refractivity contribution in [2.24, 2.45) is 0 Å². The van der Waals surface area contributed by atoms with E-state index in [9.17, 15) is 4.79 Å². The van der Waals surface area contributed by atoms with Gasteiger partial charge in [0.2, 0.25) is 11.8 Å². The van der Waals surface area contributed by atoms with Crippen LogP contribution in [0.15, 0.2) is 40.5 Å². The number of amides is 1. The van der Waals surface area contributed by atoms with Crippen LogP contribution in [0.1, 0.15) is 24.6 Å². The van der Waals surface area contributed by atoms with Crippen molar-refractivity contribution >= 4 is 28.6 Å². The number of ether oxygens (including phenoxy) is 1. The monoisotopic (exact) mass is 373 g/mol. The minimum absolute atomic E-state index is 0.0625. The average molecular weight is 374 g/mol. The molecule has 0 aliphatic heterocycles. The predicted octanol–water partition coefficient (Wildman–Crippen LogP) is 3.91. The second kappa shape index (κ2) is 8.73. The Bertz CT molecular complexity index is 815. The van der Waals surface area contributed by atoms with Crippen molar-refractivity contribution in [3.8, 4) is 16.5 Å². The Kier molecular flexibility index (Phi) is 6.14. The smallest absolute Gasteiger partial charge is 0.226 e. The van der Waals surface area contributed by atoms with E-state index in [2.05, 4.69) is 20.7 Å². The van der Waals surface area contributed by atoms with Gasteiger partial charge in [0.1, 0.15) is 5.01 Å². The fraction of sp³-hybridized carbons (Fsp3) is 0.278. The van der Waals surface area contributed by atoms with E-state index in [0.717, 1.165) is 28.2 Å². The molecule has 1 amide bonds. The van der Waals surface area contributed by atoms with Crippen molar-refractivity contribution < 1.29 is 9.53 Å². The molecule has 3 aromatic heterocycles. The first kappa shape index (κ1) is 17.6. The minimum atomic E-state index is -0.0625. The van der Waals surface area contributed by atoms with E-state index in [1.54, 1.807) is 28.9 Å². The van der Waals surface area contributed by atoms with Gasteiger partial charge in [0.15, 0.2) is 0 Å². The van der Waals surface area contributed by atoms with Crippen LogP contribution in [-0.2, 0) is 17.8 Å². The van der Waals surface area contributed by atoms with Gasteiger partial charge in [0.05, 0.1) is 18.7 Å². The SMILES string of the molecule is CCCOc1ncccc1CNC(=O)Cc1csc(-c2ccsc2)n1. The summed E-state index contributed by atoms with van der Waals surface area (Å²) in [6, 6.07) is 5.79. The van der Waals surface area contributed by atoms with Crippen LogP contribution >= 0.6 is 22.7 Å². The maximum Gasteiger partial charge on any atom is 0.226 e. The summed E-state index contributed by atoms with van der Waals surface area (Å²) in [6.45, 7) is 3.05. The highest BCUT2D eigenvalue weighted by Crippen LogP contribution is 2.25. The summed E-state index contributed by atoms with van der Waals surface area (Å²) in [5.74, 6) is 0.519. The maximum absolute atomic E-state index is 12.2. The van der Waals surface area contributed by atoms with Gasteiger partial charge in [0.25, 0.3) is 0 Å². The normalized spacial score (nSPS) is 10.6. The van der Waals surface area contributed by atoms with Gasteiger partial charge in [-0.05, 0) is 23.9 Å². The van der Waals surface area contributed by atoms with Crippen LogP contribution in [0, 0.1) is 0 Å². The highest BCUT2D eigenvalue weighted by Gasteiger charge is 2.11. The Morgan fingerprint density at radius 1 is 1.32 bits per heavy atom. The zero-order chi connectivity index (χ0) is 17.5.